The lowest BCUT2D eigenvalue weighted by Crippen LogP contribution is -2.49. The van der Waals surface area contributed by atoms with Gasteiger partial charge in [0.2, 0.25) is 5.91 Å². The van der Waals surface area contributed by atoms with Gasteiger partial charge in [-0.3, -0.25) is 37.6 Å². The summed E-state index contributed by atoms with van der Waals surface area (Å²) in [5.41, 5.74) is -1.25. The number of allylic oxidation sites excluding steroid dienone is 1. The summed E-state index contributed by atoms with van der Waals surface area (Å²) in [5.74, 6) is -0.359. The van der Waals surface area contributed by atoms with Gasteiger partial charge >= 0.3 is 19.8 Å². The number of carbonyl (C=O) groups excluding carboxylic acids is 4. The first-order chi connectivity index (χ1) is 16.9. The van der Waals surface area contributed by atoms with Crippen LogP contribution in [-0.4, -0.2) is 73.4 Å². The average molecular weight is 527 g/mol. The molecule has 36 heavy (non-hydrogen) atoms. The number of hydrogen-bond donors (Lipinski definition) is 0. The maximum atomic E-state index is 13.2. The second-order valence-electron chi connectivity index (χ2n) is 9.07. The molecule has 12 nitrogen and oxygen atoms in total. The minimum atomic E-state index is -4.14. The Kier molecular flexibility index (Phi) is 8.75. The molecule has 2 fully saturated rings. The fourth-order valence-electron chi connectivity index (χ4n) is 4.10. The van der Waals surface area contributed by atoms with E-state index in [-0.39, 0.29) is 38.3 Å². The molecule has 3 rings (SSSR count). The van der Waals surface area contributed by atoms with Gasteiger partial charge in [0.05, 0.1) is 45.2 Å². The van der Waals surface area contributed by atoms with Gasteiger partial charge in [0.15, 0.2) is 12.0 Å². The molecule has 3 heterocycles. The van der Waals surface area contributed by atoms with Crippen molar-refractivity contribution >= 4 is 31.5 Å². The number of nitrogens with zero attached hydrogens (tertiary/aromatic N) is 1. The fourth-order valence-corrected chi connectivity index (χ4v) is 5.58. The van der Waals surface area contributed by atoms with Crippen LogP contribution in [0.15, 0.2) is 12.3 Å². The van der Waals surface area contributed by atoms with Crippen molar-refractivity contribution in [2.45, 2.75) is 64.6 Å². The Morgan fingerprint density at radius 1 is 1.36 bits per heavy atom. The van der Waals surface area contributed by atoms with E-state index in [2.05, 4.69) is 10.7 Å². The number of methoxy groups -OCH3 is 1. The summed E-state index contributed by atoms with van der Waals surface area (Å²) < 4.78 is 45.4. The van der Waals surface area contributed by atoms with Crippen LogP contribution in [0.5, 0.6) is 0 Å². The largest absolute Gasteiger partial charge is 0.475 e. The molecule has 0 aromatic heterocycles. The van der Waals surface area contributed by atoms with Gasteiger partial charge in [-0.05, 0) is 33.3 Å². The Morgan fingerprint density at radius 3 is 2.69 bits per heavy atom. The number of terminal acetylenes is 1. The van der Waals surface area contributed by atoms with Crippen molar-refractivity contribution in [2.75, 3.05) is 20.3 Å². The molecule has 0 spiro atoms. The maximum Gasteiger partial charge on any atom is 0.475 e. The second kappa shape index (κ2) is 11.2. The molecule has 0 N–H and O–H groups in total. The average Bonchev–Trinajstić information content (AvgIpc) is 3.09. The smallest absolute Gasteiger partial charge is 0.469 e. The number of phosphoric acid groups is 1. The summed E-state index contributed by atoms with van der Waals surface area (Å²) >= 11 is 0. The van der Waals surface area contributed by atoms with Crippen LogP contribution in [0.1, 0.15) is 40.0 Å². The van der Waals surface area contributed by atoms with E-state index in [0.717, 1.165) is 0 Å². The van der Waals surface area contributed by atoms with Gasteiger partial charge in [-0.25, -0.2) is 4.57 Å². The predicted octanol–water partition coefficient (Wildman–Crippen LogP) is 1.73. The highest BCUT2D eigenvalue weighted by molar-refractivity contribution is 7.48. The Balaban J connectivity index is 1.68. The van der Waals surface area contributed by atoms with Crippen molar-refractivity contribution in [2.24, 2.45) is 11.3 Å². The summed E-state index contributed by atoms with van der Waals surface area (Å²) in [6.45, 7) is 4.51. The standard InChI is InChI=1S/C23H30NO11P/c1-6-23(4)20-17(34-22(23)24-9-7-16(25)12-18(24)26)13-32-36(29,35-20)31-10-8-15(11-19(27)30-5)21(28)33-14(2)3/h1,7,9,14-15,17,20,22H,8,10-13H2,2-5H3/t15-,17-,20-,22-,23-,36+/m1/s1. The molecule has 0 aromatic rings. The number of ether oxygens (including phenoxy) is 3. The number of amides is 1. The normalized spacial score (nSPS) is 32.7. The van der Waals surface area contributed by atoms with Crippen molar-refractivity contribution in [1.29, 1.82) is 0 Å². The van der Waals surface area contributed by atoms with Crippen molar-refractivity contribution < 1.29 is 51.5 Å². The van der Waals surface area contributed by atoms with E-state index in [1.54, 1.807) is 20.8 Å². The highest BCUT2D eigenvalue weighted by atomic mass is 31.2. The highest BCUT2D eigenvalue weighted by Gasteiger charge is 2.61. The highest BCUT2D eigenvalue weighted by Crippen LogP contribution is 2.59. The third-order valence-electron chi connectivity index (χ3n) is 6.02. The van der Waals surface area contributed by atoms with Gasteiger partial charge in [0, 0.05) is 6.20 Å². The van der Waals surface area contributed by atoms with E-state index in [0.29, 0.717) is 0 Å². The summed E-state index contributed by atoms with van der Waals surface area (Å²) in [5, 5.41) is 0. The lowest BCUT2D eigenvalue weighted by molar-refractivity contribution is -0.157. The molecule has 3 aliphatic rings. The molecule has 6 atom stereocenters. The lowest BCUT2D eigenvalue weighted by atomic mass is 9.82. The topological polar surface area (TPSA) is 144 Å². The molecule has 0 radical (unpaired) electrons. The van der Waals surface area contributed by atoms with E-state index < -0.39 is 61.5 Å². The number of hydrogen-bond acceptors (Lipinski definition) is 11. The number of rotatable bonds is 9. The van der Waals surface area contributed by atoms with Crippen molar-refractivity contribution in [1.82, 2.24) is 4.90 Å². The monoisotopic (exact) mass is 527 g/mol. The number of fused-ring (bicyclic) bond motifs is 1. The molecular formula is C23H30NO11P. The van der Waals surface area contributed by atoms with Gasteiger partial charge in [-0.1, -0.05) is 5.92 Å². The van der Waals surface area contributed by atoms with Crippen LogP contribution in [0.3, 0.4) is 0 Å². The molecule has 0 unspecified atom stereocenters. The van der Waals surface area contributed by atoms with E-state index >= 15 is 0 Å². The zero-order valence-corrected chi connectivity index (χ0v) is 21.4. The Morgan fingerprint density at radius 2 is 2.08 bits per heavy atom. The summed E-state index contributed by atoms with van der Waals surface area (Å²) in [4.78, 5) is 49.3. The number of ketones is 1. The first kappa shape index (κ1) is 28.0. The summed E-state index contributed by atoms with van der Waals surface area (Å²) in [6, 6.07) is 0. The van der Waals surface area contributed by atoms with Crippen LogP contribution < -0.4 is 0 Å². The third kappa shape index (κ3) is 6.05. The predicted molar refractivity (Wildman–Crippen MR) is 122 cm³/mol. The molecule has 1 amide bonds. The Labute approximate surface area is 209 Å². The Hall–Kier alpha value is -2.55. The lowest BCUT2D eigenvalue weighted by Gasteiger charge is -2.37. The molecule has 0 aliphatic carbocycles. The zero-order chi connectivity index (χ0) is 26.7. The van der Waals surface area contributed by atoms with E-state index in [1.165, 1.54) is 24.3 Å². The molecule has 13 heteroatoms. The number of phosphoric ester groups is 1. The van der Waals surface area contributed by atoms with Gasteiger partial charge in [-0.2, -0.15) is 0 Å². The number of carbonyl (C=O) groups is 4. The van der Waals surface area contributed by atoms with Crippen LogP contribution in [0.4, 0.5) is 0 Å². The van der Waals surface area contributed by atoms with E-state index in [4.69, 9.17) is 29.5 Å². The SMILES string of the molecule is C#C[C@]1(C)[C@@H]2O[P@@](=O)(OCC[C@H](CC(=O)OC)C(=O)OC(C)C)OC[C@H]2O[C@H]1N1C=CC(=O)CC1=O. The quantitative estimate of drug-likeness (QED) is 0.187. The fraction of sp³-hybridized carbons (Fsp3) is 0.652. The molecule has 0 saturated carbocycles. The minimum Gasteiger partial charge on any atom is -0.469 e. The van der Waals surface area contributed by atoms with E-state index in [1.807, 2.05) is 0 Å². The molecule has 2 saturated heterocycles. The van der Waals surface area contributed by atoms with Gasteiger partial charge in [0.25, 0.3) is 0 Å². The number of esters is 2. The molecule has 198 valence electrons. The first-order valence-corrected chi connectivity index (χ1v) is 12.9. The molecule has 3 aliphatic heterocycles. The van der Waals surface area contributed by atoms with Crippen molar-refractivity contribution in [3.8, 4) is 12.3 Å². The first-order valence-electron chi connectivity index (χ1n) is 11.4. The Bertz CT molecular complexity index is 1020. The van der Waals surface area contributed by atoms with Crippen LogP contribution in [0, 0.1) is 23.7 Å². The van der Waals surface area contributed by atoms with Gasteiger partial charge in [-0.15, -0.1) is 6.42 Å². The minimum absolute atomic E-state index is 0.0158. The third-order valence-corrected chi connectivity index (χ3v) is 7.47. The second-order valence-corrected chi connectivity index (χ2v) is 10.7. The summed E-state index contributed by atoms with van der Waals surface area (Å²) in [6.07, 6.45) is 4.69. The molecule has 0 bridgehead atoms. The van der Waals surface area contributed by atoms with Crippen LogP contribution >= 0.6 is 7.82 Å². The van der Waals surface area contributed by atoms with Crippen molar-refractivity contribution in [3.63, 3.8) is 0 Å². The van der Waals surface area contributed by atoms with Crippen molar-refractivity contribution in [3.05, 3.63) is 12.3 Å². The van der Waals surface area contributed by atoms with E-state index in [9.17, 15) is 23.7 Å². The van der Waals surface area contributed by atoms with Gasteiger partial charge in [0.1, 0.15) is 17.6 Å². The molecule has 0 aromatic carbocycles. The van der Waals surface area contributed by atoms with Gasteiger partial charge < -0.3 is 14.2 Å². The van der Waals surface area contributed by atoms with Crippen LogP contribution in [0.2, 0.25) is 0 Å². The summed E-state index contributed by atoms with van der Waals surface area (Å²) in [7, 11) is -2.94. The molecular weight excluding hydrogens is 497 g/mol. The maximum absolute atomic E-state index is 13.2. The van der Waals surface area contributed by atoms with Crippen LogP contribution in [-0.2, 0) is 51.5 Å². The zero-order valence-electron chi connectivity index (χ0n) is 20.5. The van der Waals surface area contributed by atoms with Crippen LogP contribution in [0.25, 0.3) is 0 Å².